The summed E-state index contributed by atoms with van der Waals surface area (Å²) in [6, 6.07) is 9.35. The van der Waals surface area contributed by atoms with E-state index in [4.69, 9.17) is 9.47 Å². The molecule has 1 aliphatic rings. The first kappa shape index (κ1) is 17.1. The van der Waals surface area contributed by atoms with Crippen LogP contribution >= 0.6 is 0 Å². The summed E-state index contributed by atoms with van der Waals surface area (Å²) in [5, 5.41) is 20.2. The molecule has 9 nitrogen and oxygen atoms in total. The monoisotopic (exact) mass is 348 g/mol. The van der Waals surface area contributed by atoms with Crippen molar-refractivity contribution < 1.29 is 24.5 Å². The Bertz CT molecular complexity index is 861. The zero-order valence-corrected chi connectivity index (χ0v) is 12.9. The molecule has 2 heterocycles. The Balaban J connectivity index is 1.69. The highest BCUT2D eigenvalue weighted by Crippen LogP contribution is 2.28. The maximum atomic E-state index is 11.9. The molecule has 1 aromatic heterocycles. The number of benzene rings is 1. The van der Waals surface area contributed by atoms with E-state index in [1.165, 1.54) is 0 Å². The number of aromatic amines is 1. The average molecular weight is 348 g/mol. The molecule has 25 heavy (non-hydrogen) atoms. The number of carbonyl (C=O) groups is 1. The van der Waals surface area contributed by atoms with E-state index < -0.39 is 41.8 Å². The molecule has 0 spiro atoms. The number of hydrogen-bond acceptors (Lipinski definition) is 7. The zero-order valence-electron chi connectivity index (χ0n) is 12.9. The van der Waals surface area contributed by atoms with Gasteiger partial charge in [-0.3, -0.25) is 14.3 Å². The van der Waals surface area contributed by atoms with Crippen LogP contribution in [0.25, 0.3) is 0 Å². The van der Waals surface area contributed by atoms with E-state index in [1.54, 1.807) is 30.3 Å². The molecule has 2 aromatic rings. The molecule has 1 fully saturated rings. The molecule has 3 N–H and O–H groups in total. The largest absolute Gasteiger partial charge is 0.459 e. The molecule has 1 aromatic carbocycles. The number of H-pyrrole nitrogens is 1. The number of nitrogens with zero attached hydrogens (tertiary/aromatic N) is 1. The molecule has 1 saturated heterocycles. The minimum Gasteiger partial charge on any atom is -0.459 e. The average Bonchev–Trinajstić information content (AvgIpc) is 2.89. The fourth-order valence-corrected chi connectivity index (χ4v) is 2.54. The van der Waals surface area contributed by atoms with Crippen LogP contribution in [-0.4, -0.2) is 50.7 Å². The molecule has 132 valence electrons. The van der Waals surface area contributed by atoms with Gasteiger partial charge in [-0.25, -0.2) is 9.59 Å². The van der Waals surface area contributed by atoms with Crippen molar-refractivity contribution in [2.24, 2.45) is 0 Å². The van der Waals surface area contributed by atoms with Gasteiger partial charge in [-0.1, -0.05) is 18.2 Å². The van der Waals surface area contributed by atoms with Crippen LogP contribution in [0.5, 0.6) is 0 Å². The number of carbonyl (C=O) groups excluding carboxylic acids is 1. The smallest absolute Gasteiger partial charge is 0.338 e. The fourth-order valence-electron chi connectivity index (χ4n) is 2.54. The van der Waals surface area contributed by atoms with Crippen molar-refractivity contribution in [1.82, 2.24) is 9.55 Å². The van der Waals surface area contributed by atoms with E-state index in [1.807, 2.05) is 4.98 Å². The highest BCUT2D eigenvalue weighted by atomic mass is 16.6. The van der Waals surface area contributed by atoms with Crippen molar-refractivity contribution in [3.63, 3.8) is 0 Å². The van der Waals surface area contributed by atoms with Gasteiger partial charge in [-0.2, -0.15) is 0 Å². The van der Waals surface area contributed by atoms with Crippen LogP contribution in [0, 0.1) is 0 Å². The number of nitrogens with one attached hydrogen (secondary N) is 1. The van der Waals surface area contributed by atoms with Crippen LogP contribution in [-0.2, 0) is 9.47 Å². The van der Waals surface area contributed by atoms with Crippen molar-refractivity contribution >= 4 is 5.97 Å². The number of rotatable bonds is 4. The summed E-state index contributed by atoms with van der Waals surface area (Å²) in [5.41, 5.74) is -1.04. The molecule has 4 atom stereocenters. The summed E-state index contributed by atoms with van der Waals surface area (Å²) in [4.78, 5) is 36.8. The van der Waals surface area contributed by atoms with Gasteiger partial charge in [0, 0.05) is 12.3 Å². The standard InChI is InChI=1S/C16H16N2O7/c19-11-6-7-18(16(23)17-11)14-13(21)12(20)10(25-14)8-24-15(22)9-4-2-1-3-5-9/h1-7,10,12-14,20-21H,8H2,(H,17,19,23)/t10-,12-,13-,14+/m0/s1. The van der Waals surface area contributed by atoms with Gasteiger partial charge in [-0.15, -0.1) is 0 Å². The Morgan fingerprint density at radius 2 is 1.88 bits per heavy atom. The molecule has 0 unspecified atom stereocenters. The lowest BCUT2D eigenvalue weighted by Crippen LogP contribution is -2.37. The second-order valence-corrected chi connectivity index (χ2v) is 5.53. The van der Waals surface area contributed by atoms with Crippen molar-refractivity contribution in [2.45, 2.75) is 24.5 Å². The highest BCUT2D eigenvalue weighted by molar-refractivity contribution is 5.89. The summed E-state index contributed by atoms with van der Waals surface area (Å²) in [6.45, 7) is -0.305. The van der Waals surface area contributed by atoms with Gasteiger partial charge in [0.15, 0.2) is 6.23 Å². The van der Waals surface area contributed by atoms with E-state index in [9.17, 15) is 24.6 Å². The van der Waals surface area contributed by atoms with Crippen molar-refractivity contribution in [2.75, 3.05) is 6.61 Å². The third-order valence-corrected chi connectivity index (χ3v) is 3.85. The second kappa shape index (κ2) is 7.01. The molecule has 1 aliphatic heterocycles. The summed E-state index contributed by atoms with van der Waals surface area (Å²) in [6.07, 6.45) is -3.87. The predicted octanol–water partition coefficient (Wildman–Crippen LogP) is -0.987. The van der Waals surface area contributed by atoms with Gasteiger partial charge < -0.3 is 19.7 Å². The van der Waals surface area contributed by atoms with Crippen LogP contribution in [0.4, 0.5) is 0 Å². The summed E-state index contributed by atoms with van der Waals surface area (Å²) >= 11 is 0. The van der Waals surface area contributed by atoms with Gasteiger partial charge in [0.2, 0.25) is 0 Å². The van der Waals surface area contributed by atoms with Crippen molar-refractivity contribution in [3.05, 3.63) is 69.0 Å². The maximum Gasteiger partial charge on any atom is 0.338 e. The Morgan fingerprint density at radius 1 is 1.16 bits per heavy atom. The molecule has 3 rings (SSSR count). The minimum absolute atomic E-state index is 0.305. The number of ether oxygens (including phenoxy) is 2. The molecule has 0 saturated carbocycles. The molecule has 9 heteroatoms. The quantitative estimate of drug-likeness (QED) is 0.605. The van der Waals surface area contributed by atoms with E-state index >= 15 is 0 Å². The van der Waals surface area contributed by atoms with E-state index in [2.05, 4.69) is 0 Å². The molecule has 0 aliphatic carbocycles. The molecule has 0 bridgehead atoms. The lowest BCUT2D eigenvalue weighted by atomic mass is 10.1. The number of aliphatic hydroxyl groups is 2. The van der Waals surface area contributed by atoms with Crippen LogP contribution in [0.15, 0.2) is 52.2 Å². The molecule has 0 radical (unpaired) electrons. The molecular formula is C16H16N2O7. The zero-order chi connectivity index (χ0) is 18.0. The Hall–Kier alpha value is -2.75. The van der Waals surface area contributed by atoms with Crippen LogP contribution in [0.2, 0.25) is 0 Å². The number of hydrogen-bond donors (Lipinski definition) is 3. The number of aromatic nitrogens is 2. The molecule has 0 amide bonds. The molecular weight excluding hydrogens is 332 g/mol. The van der Waals surface area contributed by atoms with Gasteiger partial charge >= 0.3 is 11.7 Å². The lowest BCUT2D eigenvalue weighted by Gasteiger charge is -2.16. The SMILES string of the molecule is O=C(OC[C@@H]1O[C@@H](n2ccc(=O)[nH]c2=O)[C@@H](O)[C@H]1O)c1ccccc1. The third-order valence-electron chi connectivity index (χ3n) is 3.85. The Labute approximate surface area is 141 Å². The first-order chi connectivity index (χ1) is 12.0. The van der Waals surface area contributed by atoms with E-state index in [0.29, 0.717) is 5.56 Å². The first-order valence-corrected chi connectivity index (χ1v) is 7.52. The minimum atomic E-state index is -1.43. The fraction of sp³-hybridized carbons (Fsp3) is 0.312. The van der Waals surface area contributed by atoms with Crippen LogP contribution in [0.3, 0.4) is 0 Å². The van der Waals surface area contributed by atoms with Crippen molar-refractivity contribution in [3.8, 4) is 0 Å². The van der Waals surface area contributed by atoms with Gasteiger partial charge in [-0.05, 0) is 12.1 Å². The summed E-state index contributed by atoms with van der Waals surface area (Å²) in [7, 11) is 0. The van der Waals surface area contributed by atoms with Gasteiger partial charge in [0.1, 0.15) is 24.9 Å². The lowest BCUT2D eigenvalue weighted by molar-refractivity contribution is -0.0599. The van der Waals surface area contributed by atoms with Crippen molar-refractivity contribution in [1.29, 1.82) is 0 Å². The van der Waals surface area contributed by atoms with Gasteiger partial charge in [0.25, 0.3) is 5.56 Å². The van der Waals surface area contributed by atoms with Crippen LogP contribution < -0.4 is 11.2 Å². The Kier molecular flexibility index (Phi) is 4.79. The third kappa shape index (κ3) is 3.53. The van der Waals surface area contributed by atoms with Gasteiger partial charge in [0.05, 0.1) is 5.56 Å². The Morgan fingerprint density at radius 3 is 2.56 bits per heavy atom. The van der Waals surface area contributed by atoms with E-state index in [0.717, 1.165) is 16.8 Å². The highest BCUT2D eigenvalue weighted by Gasteiger charge is 2.44. The number of esters is 1. The maximum absolute atomic E-state index is 11.9. The normalized spacial score (nSPS) is 25.7. The van der Waals surface area contributed by atoms with E-state index in [-0.39, 0.29) is 6.61 Å². The summed E-state index contributed by atoms with van der Waals surface area (Å²) < 4.78 is 11.5. The second-order valence-electron chi connectivity index (χ2n) is 5.53. The number of aliphatic hydroxyl groups excluding tert-OH is 2. The first-order valence-electron chi connectivity index (χ1n) is 7.52. The summed E-state index contributed by atoms with van der Waals surface area (Å²) in [5.74, 6) is -0.601. The van der Waals surface area contributed by atoms with Crippen LogP contribution in [0.1, 0.15) is 16.6 Å². The topological polar surface area (TPSA) is 131 Å². The predicted molar refractivity (Wildman–Crippen MR) is 84.0 cm³/mol.